The van der Waals surface area contributed by atoms with E-state index in [1.54, 1.807) is 0 Å². The van der Waals surface area contributed by atoms with Crippen molar-refractivity contribution in [1.29, 1.82) is 0 Å². The summed E-state index contributed by atoms with van der Waals surface area (Å²) in [6.45, 7) is 5.35. The second-order valence-corrected chi connectivity index (χ2v) is 8.12. The lowest BCUT2D eigenvalue weighted by atomic mass is 9.94. The standard InChI is InChI=1S/C17H19Br2N3/c18-15-4-3-13(8-16(15)19)9-21-10-14-2-1-7-22(14)17(12-21)5-6-20-11-17/h1-4,7-8,20H,5-6,9-12H2. The monoisotopic (exact) mass is 423 g/mol. The van der Waals surface area contributed by atoms with Gasteiger partial charge in [-0.1, -0.05) is 6.07 Å². The van der Waals surface area contributed by atoms with Gasteiger partial charge in [0.05, 0.1) is 5.54 Å². The number of nitrogens with one attached hydrogen (secondary N) is 1. The Hall–Kier alpha value is -0.620. The number of rotatable bonds is 2. The van der Waals surface area contributed by atoms with Gasteiger partial charge in [-0.25, -0.2) is 0 Å². The summed E-state index contributed by atoms with van der Waals surface area (Å²) in [6.07, 6.45) is 3.48. The SMILES string of the molecule is Brc1ccc(CN2Cc3cccn3C3(CCNC3)C2)cc1Br. The van der Waals surface area contributed by atoms with Crippen LogP contribution in [-0.2, 0) is 18.6 Å². The highest BCUT2D eigenvalue weighted by Gasteiger charge is 2.41. The molecule has 4 rings (SSSR count). The van der Waals surface area contributed by atoms with Crippen LogP contribution in [0.1, 0.15) is 17.7 Å². The van der Waals surface area contributed by atoms with Crippen molar-refractivity contribution in [1.82, 2.24) is 14.8 Å². The van der Waals surface area contributed by atoms with Gasteiger partial charge in [-0.2, -0.15) is 0 Å². The van der Waals surface area contributed by atoms with E-state index >= 15 is 0 Å². The van der Waals surface area contributed by atoms with E-state index in [0.717, 1.165) is 41.7 Å². The Morgan fingerprint density at radius 1 is 1.18 bits per heavy atom. The van der Waals surface area contributed by atoms with Gasteiger partial charge in [0.2, 0.25) is 0 Å². The lowest BCUT2D eigenvalue weighted by Gasteiger charge is -2.42. The Morgan fingerprint density at radius 2 is 2.09 bits per heavy atom. The molecular formula is C17H19Br2N3. The molecule has 3 nitrogen and oxygen atoms in total. The Morgan fingerprint density at radius 3 is 2.86 bits per heavy atom. The molecule has 2 aromatic rings. The van der Waals surface area contributed by atoms with Crippen LogP contribution in [0.25, 0.3) is 0 Å². The number of fused-ring (bicyclic) bond motifs is 2. The molecule has 1 N–H and O–H groups in total. The summed E-state index contributed by atoms with van der Waals surface area (Å²) in [4.78, 5) is 2.58. The maximum absolute atomic E-state index is 3.61. The van der Waals surface area contributed by atoms with Gasteiger partial charge in [0.15, 0.2) is 0 Å². The van der Waals surface area contributed by atoms with Crippen LogP contribution in [0.4, 0.5) is 0 Å². The van der Waals surface area contributed by atoms with Crippen molar-refractivity contribution in [2.24, 2.45) is 0 Å². The van der Waals surface area contributed by atoms with Crippen molar-refractivity contribution >= 4 is 31.9 Å². The highest BCUT2D eigenvalue weighted by atomic mass is 79.9. The molecule has 0 saturated carbocycles. The zero-order valence-electron chi connectivity index (χ0n) is 12.4. The summed E-state index contributed by atoms with van der Waals surface area (Å²) in [5.74, 6) is 0. The summed E-state index contributed by atoms with van der Waals surface area (Å²) >= 11 is 7.16. The number of benzene rings is 1. The molecule has 1 aromatic carbocycles. The minimum atomic E-state index is 0.240. The van der Waals surface area contributed by atoms with Crippen LogP contribution in [0, 0.1) is 0 Å². The third kappa shape index (κ3) is 2.58. The van der Waals surface area contributed by atoms with Crippen molar-refractivity contribution in [2.75, 3.05) is 19.6 Å². The van der Waals surface area contributed by atoms with Crippen LogP contribution in [0.3, 0.4) is 0 Å². The van der Waals surface area contributed by atoms with E-state index in [0.29, 0.717) is 0 Å². The van der Waals surface area contributed by atoms with Crippen molar-refractivity contribution in [2.45, 2.75) is 25.0 Å². The van der Waals surface area contributed by atoms with E-state index in [9.17, 15) is 0 Å². The summed E-state index contributed by atoms with van der Waals surface area (Å²) in [6, 6.07) is 11.0. The van der Waals surface area contributed by atoms with Gasteiger partial charge in [-0.15, -0.1) is 0 Å². The van der Waals surface area contributed by atoms with Crippen LogP contribution in [0.15, 0.2) is 45.5 Å². The van der Waals surface area contributed by atoms with Gasteiger partial charge in [-0.3, -0.25) is 4.90 Å². The fraction of sp³-hybridized carbons (Fsp3) is 0.412. The number of aromatic nitrogens is 1. The molecule has 0 amide bonds. The summed E-state index contributed by atoms with van der Waals surface area (Å²) in [5, 5.41) is 3.55. The molecule has 1 atom stereocenters. The van der Waals surface area contributed by atoms with Gasteiger partial charge in [-0.05, 0) is 74.7 Å². The average molecular weight is 425 g/mol. The Bertz CT molecular complexity index is 689. The molecule has 5 heteroatoms. The molecule has 1 aromatic heterocycles. The maximum atomic E-state index is 3.61. The van der Waals surface area contributed by atoms with Crippen molar-refractivity contribution in [3.63, 3.8) is 0 Å². The van der Waals surface area contributed by atoms with E-state index in [2.05, 4.69) is 83.2 Å². The van der Waals surface area contributed by atoms with Crippen molar-refractivity contribution in [3.8, 4) is 0 Å². The average Bonchev–Trinajstić information content (AvgIpc) is 3.13. The van der Waals surface area contributed by atoms with Crippen LogP contribution in [-0.4, -0.2) is 29.1 Å². The number of nitrogens with zero attached hydrogens (tertiary/aromatic N) is 2. The first-order valence-corrected chi connectivity index (χ1v) is 9.29. The first-order chi connectivity index (χ1) is 10.7. The van der Waals surface area contributed by atoms with E-state index in [4.69, 9.17) is 0 Å². The Labute approximate surface area is 147 Å². The summed E-state index contributed by atoms with van der Waals surface area (Å²) < 4.78 is 4.75. The molecule has 0 bridgehead atoms. The van der Waals surface area contributed by atoms with Crippen molar-refractivity contribution in [3.05, 3.63) is 56.7 Å². The summed E-state index contributed by atoms with van der Waals surface area (Å²) in [7, 11) is 0. The minimum Gasteiger partial charge on any atom is -0.342 e. The molecule has 2 aliphatic heterocycles. The van der Waals surface area contributed by atoms with Gasteiger partial charge < -0.3 is 9.88 Å². The number of halogens is 2. The fourth-order valence-corrected chi connectivity index (χ4v) is 4.54. The molecule has 116 valence electrons. The molecule has 1 spiro atoms. The third-order valence-electron chi connectivity index (χ3n) is 4.86. The fourth-order valence-electron chi connectivity index (χ4n) is 3.86. The molecule has 0 radical (unpaired) electrons. The van der Waals surface area contributed by atoms with Crippen LogP contribution < -0.4 is 5.32 Å². The van der Waals surface area contributed by atoms with Gasteiger partial charge in [0.25, 0.3) is 0 Å². The van der Waals surface area contributed by atoms with E-state index in [-0.39, 0.29) is 5.54 Å². The van der Waals surface area contributed by atoms with E-state index < -0.39 is 0 Å². The number of hydrogen-bond acceptors (Lipinski definition) is 2. The van der Waals surface area contributed by atoms with Crippen LogP contribution in [0.5, 0.6) is 0 Å². The van der Waals surface area contributed by atoms with E-state index in [1.165, 1.54) is 17.7 Å². The maximum Gasteiger partial charge on any atom is 0.0705 e. The molecule has 1 saturated heterocycles. The zero-order chi connectivity index (χ0) is 15.2. The predicted octanol–water partition coefficient (Wildman–Crippen LogP) is 3.72. The molecule has 1 fully saturated rings. The smallest absolute Gasteiger partial charge is 0.0705 e. The molecule has 3 heterocycles. The van der Waals surface area contributed by atoms with E-state index in [1.807, 2.05) is 0 Å². The second kappa shape index (κ2) is 5.78. The topological polar surface area (TPSA) is 20.2 Å². The third-order valence-corrected chi connectivity index (χ3v) is 6.74. The van der Waals surface area contributed by atoms with Gasteiger partial charge >= 0.3 is 0 Å². The van der Waals surface area contributed by atoms with Gasteiger partial charge in [0.1, 0.15) is 0 Å². The van der Waals surface area contributed by atoms with Crippen molar-refractivity contribution < 1.29 is 0 Å². The molecular weight excluding hydrogens is 406 g/mol. The highest BCUT2D eigenvalue weighted by molar-refractivity contribution is 9.13. The molecule has 0 aliphatic carbocycles. The minimum absolute atomic E-state index is 0.240. The first kappa shape index (κ1) is 14.9. The molecule has 1 unspecified atom stereocenters. The Balaban J connectivity index is 1.60. The van der Waals surface area contributed by atoms with Crippen LogP contribution in [0.2, 0.25) is 0 Å². The normalized spacial score (nSPS) is 24.8. The second-order valence-electron chi connectivity index (χ2n) is 6.41. The number of hydrogen-bond donors (Lipinski definition) is 1. The summed E-state index contributed by atoms with van der Waals surface area (Å²) in [5.41, 5.74) is 3.03. The molecule has 22 heavy (non-hydrogen) atoms. The van der Waals surface area contributed by atoms with Gasteiger partial charge in [0, 0.05) is 47.0 Å². The lowest BCUT2D eigenvalue weighted by molar-refractivity contribution is 0.114. The quantitative estimate of drug-likeness (QED) is 0.792. The highest BCUT2D eigenvalue weighted by Crippen LogP contribution is 2.33. The lowest BCUT2D eigenvalue weighted by Crippen LogP contribution is -2.50. The largest absolute Gasteiger partial charge is 0.342 e. The predicted molar refractivity (Wildman–Crippen MR) is 95.8 cm³/mol. The molecule has 2 aliphatic rings. The Kier molecular flexibility index (Phi) is 3.93. The zero-order valence-corrected chi connectivity index (χ0v) is 15.5. The van der Waals surface area contributed by atoms with Crippen LogP contribution >= 0.6 is 31.9 Å². The first-order valence-electron chi connectivity index (χ1n) is 7.70.